The second-order valence-corrected chi connectivity index (χ2v) is 6.57. The minimum absolute atomic E-state index is 0.571. The van der Waals surface area contributed by atoms with Crippen molar-refractivity contribution in [2.45, 2.75) is 19.6 Å². The molecule has 1 aromatic carbocycles. The van der Waals surface area contributed by atoms with Gasteiger partial charge in [0.15, 0.2) is 0 Å². The Morgan fingerprint density at radius 2 is 2.20 bits per heavy atom. The van der Waals surface area contributed by atoms with Crippen LogP contribution >= 0.6 is 27.3 Å². The highest BCUT2D eigenvalue weighted by molar-refractivity contribution is 9.10. The monoisotopic (exact) mass is 355 g/mol. The first-order chi connectivity index (χ1) is 9.52. The van der Waals surface area contributed by atoms with E-state index in [0.717, 1.165) is 28.0 Å². The van der Waals surface area contributed by atoms with E-state index in [-0.39, 0.29) is 0 Å². The Morgan fingerprint density at radius 1 is 1.45 bits per heavy atom. The molecule has 3 nitrogen and oxygen atoms in total. The fourth-order valence-corrected chi connectivity index (χ4v) is 3.72. The van der Waals surface area contributed by atoms with E-state index in [1.807, 2.05) is 25.2 Å². The minimum atomic E-state index is -0.571. The average molecular weight is 356 g/mol. The second kappa shape index (κ2) is 6.61. The number of hydrogen-bond donors (Lipinski definition) is 1. The molecule has 0 fully saturated rings. The van der Waals surface area contributed by atoms with Crippen molar-refractivity contribution in [1.29, 1.82) is 0 Å². The lowest BCUT2D eigenvalue weighted by Crippen LogP contribution is -2.18. The van der Waals surface area contributed by atoms with Crippen molar-refractivity contribution < 1.29 is 9.84 Å². The molecule has 0 spiro atoms. The molecule has 0 saturated carbocycles. The Labute approximate surface area is 131 Å². The summed E-state index contributed by atoms with van der Waals surface area (Å²) < 4.78 is 6.46. The maximum Gasteiger partial charge on any atom is 0.126 e. The summed E-state index contributed by atoms with van der Waals surface area (Å²) in [6.45, 7) is 2.56. The first-order valence-corrected chi connectivity index (χ1v) is 7.99. The van der Waals surface area contributed by atoms with Crippen molar-refractivity contribution >= 4 is 33.0 Å². The summed E-state index contributed by atoms with van der Waals surface area (Å²) in [4.78, 5) is 3.39. The van der Waals surface area contributed by atoms with Crippen LogP contribution in [0.3, 0.4) is 0 Å². The fraction of sp³-hybridized carbons (Fsp3) is 0.333. The molecule has 20 heavy (non-hydrogen) atoms. The number of thiophene rings is 1. The topological polar surface area (TPSA) is 32.7 Å². The Bertz CT molecular complexity index is 583. The molecule has 0 radical (unpaired) electrons. The fourth-order valence-electron chi connectivity index (χ4n) is 2.22. The Balaban J connectivity index is 2.31. The van der Waals surface area contributed by atoms with Gasteiger partial charge in [-0.1, -0.05) is 6.07 Å². The highest BCUT2D eigenvalue weighted by Crippen LogP contribution is 2.35. The molecule has 0 aliphatic carbocycles. The van der Waals surface area contributed by atoms with Crippen LogP contribution in [0.2, 0.25) is 0 Å². The molecule has 1 aromatic heterocycles. The minimum Gasteiger partial charge on any atom is -0.496 e. The van der Waals surface area contributed by atoms with Crippen molar-refractivity contribution in [3.05, 3.63) is 44.6 Å². The van der Waals surface area contributed by atoms with Crippen molar-refractivity contribution in [3.63, 3.8) is 0 Å². The van der Waals surface area contributed by atoms with Crippen molar-refractivity contribution in [2.24, 2.45) is 0 Å². The first kappa shape index (κ1) is 15.4. The lowest BCUT2D eigenvalue weighted by molar-refractivity contribution is 0.194. The predicted molar refractivity (Wildman–Crippen MR) is 87.8 cm³/mol. The zero-order valence-corrected chi connectivity index (χ0v) is 14.2. The predicted octanol–water partition coefficient (Wildman–Crippen LogP) is 4.21. The van der Waals surface area contributed by atoms with Gasteiger partial charge in [-0.3, -0.25) is 0 Å². The molecular weight excluding hydrogens is 338 g/mol. The molecule has 108 valence electrons. The molecule has 1 N–H and O–H groups in total. The third-order valence-electron chi connectivity index (χ3n) is 3.11. The maximum absolute atomic E-state index is 10.0. The van der Waals surface area contributed by atoms with Crippen LogP contribution in [-0.2, 0) is 6.54 Å². The molecule has 5 heteroatoms. The van der Waals surface area contributed by atoms with Crippen molar-refractivity contribution in [3.8, 4) is 5.75 Å². The highest BCUT2D eigenvalue weighted by Gasteiger charge is 2.17. The Hall–Kier alpha value is -1.04. The highest BCUT2D eigenvalue weighted by atomic mass is 79.9. The normalized spacial score (nSPS) is 12.2. The van der Waals surface area contributed by atoms with Gasteiger partial charge >= 0.3 is 0 Å². The van der Waals surface area contributed by atoms with Crippen LogP contribution in [0, 0.1) is 0 Å². The van der Waals surface area contributed by atoms with E-state index in [0.29, 0.717) is 0 Å². The number of rotatable bonds is 5. The summed E-state index contributed by atoms with van der Waals surface area (Å²) in [6.07, 6.45) is -0.571. The number of hydrogen-bond acceptors (Lipinski definition) is 4. The summed E-state index contributed by atoms with van der Waals surface area (Å²) in [7, 11) is 3.65. The molecule has 1 heterocycles. The molecule has 1 atom stereocenters. The largest absolute Gasteiger partial charge is 0.496 e. The molecular formula is C15H18BrNO2S. The van der Waals surface area contributed by atoms with Gasteiger partial charge < -0.3 is 14.7 Å². The first-order valence-electron chi connectivity index (χ1n) is 6.32. The van der Waals surface area contributed by atoms with E-state index in [1.54, 1.807) is 25.4 Å². The summed E-state index contributed by atoms with van der Waals surface area (Å²) in [5, 5.41) is 12.1. The number of anilines is 1. The van der Waals surface area contributed by atoms with E-state index in [4.69, 9.17) is 4.74 Å². The van der Waals surface area contributed by atoms with E-state index in [2.05, 4.69) is 32.3 Å². The van der Waals surface area contributed by atoms with Gasteiger partial charge in [0.1, 0.15) is 5.75 Å². The van der Waals surface area contributed by atoms with E-state index < -0.39 is 6.10 Å². The zero-order chi connectivity index (χ0) is 14.7. The number of nitrogens with zero attached hydrogens (tertiary/aromatic N) is 1. The third kappa shape index (κ3) is 3.34. The van der Waals surface area contributed by atoms with Gasteiger partial charge in [0.2, 0.25) is 0 Å². The van der Waals surface area contributed by atoms with Crippen molar-refractivity contribution in [1.82, 2.24) is 0 Å². The van der Waals surface area contributed by atoms with E-state index in [9.17, 15) is 5.11 Å². The molecule has 2 rings (SSSR count). The van der Waals surface area contributed by atoms with Crippen LogP contribution in [0.5, 0.6) is 5.75 Å². The molecule has 2 aromatic rings. The van der Waals surface area contributed by atoms with Crippen LogP contribution < -0.4 is 9.64 Å². The maximum atomic E-state index is 10.0. The molecule has 1 unspecified atom stereocenters. The zero-order valence-electron chi connectivity index (χ0n) is 11.8. The quantitative estimate of drug-likeness (QED) is 0.871. The van der Waals surface area contributed by atoms with Crippen molar-refractivity contribution in [2.75, 3.05) is 19.1 Å². The number of ether oxygens (including phenoxy) is 1. The third-order valence-corrected chi connectivity index (χ3v) is 4.79. The average Bonchev–Trinajstić information content (AvgIpc) is 2.82. The number of aliphatic hydroxyl groups is 1. The lowest BCUT2D eigenvalue weighted by Gasteiger charge is -2.24. The van der Waals surface area contributed by atoms with Crippen LogP contribution in [0.15, 0.2) is 34.1 Å². The number of aliphatic hydroxyl groups excluding tert-OH is 1. The molecule has 0 bridgehead atoms. The van der Waals surface area contributed by atoms with Crippen LogP contribution in [0.25, 0.3) is 0 Å². The summed E-state index contributed by atoms with van der Waals surface area (Å²) in [5.74, 6) is 0.719. The SMILES string of the molecule is COc1cccc(N(C)Cc2cc(Br)cs2)c1C(C)O. The van der Waals surface area contributed by atoms with Crippen LogP contribution in [0.1, 0.15) is 23.5 Å². The Morgan fingerprint density at radius 3 is 2.75 bits per heavy atom. The van der Waals surface area contributed by atoms with Gasteiger partial charge in [0.25, 0.3) is 0 Å². The van der Waals surface area contributed by atoms with E-state index in [1.165, 1.54) is 4.88 Å². The number of methoxy groups -OCH3 is 1. The number of halogens is 1. The molecule has 0 aliphatic rings. The van der Waals surface area contributed by atoms with Crippen LogP contribution in [0.4, 0.5) is 5.69 Å². The van der Waals surface area contributed by atoms with Crippen LogP contribution in [-0.4, -0.2) is 19.3 Å². The second-order valence-electron chi connectivity index (χ2n) is 4.66. The molecule has 0 amide bonds. The summed E-state index contributed by atoms with van der Waals surface area (Å²) in [5.41, 5.74) is 1.82. The lowest BCUT2D eigenvalue weighted by atomic mass is 10.1. The Kier molecular flexibility index (Phi) is 5.07. The van der Waals surface area contributed by atoms with Gasteiger partial charge in [-0.15, -0.1) is 11.3 Å². The van der Waals surface area contributed by atoms with Gasteiger partial charge in [-0.05, 0) is 41.1 Å². The molecule has 0 saturated heterocycles. The van der Waals surface area contributed by atoms with Gasteiger partial charge in [-0.25, -0.2) is 0 Å². The van der Waals surface area contributed by atoms with E-state index >= 15 is 0 Å². The van der Waals surface area contributed by atoms with Gasteiger partial charge in [0, 0.05) is 33.0 Å². The summed E-state index contributed by atoms with van der Waals surface area (Å²) in [6, 6.07) is 7.94. The van der Waals surface area contributed by atoms with Gasteiger partial charge in [0.05, 0.1) is 19.8 Å². The molecule has 0 aliphatic heterocycles. The summed E-state index contributed by atoms with van der Waals surface area (Å²) >= 11 is 5.19. The van der Waals surface area contributed by atoms with Gasteiger partial charge in [-0.2, -0.15) is 0 Å². The standard InChI is InChI=1S/C15H18BrNO2S/c1-10(18)15-13(5-4-6-14(15)19-3)17(2)8-12-7-11(16)9-20-12/h4-7,9-10,18H,8H2,1-3H3. The smallest absolute Gasteiger partial charge is 0.126 e. The number of benzene rings is 1.